The summed E-state index contributed by atoms with van der Waals surface area (Å²) >= 11 is 1.85. The monoisotopic (exact) mass is 399 g/mol. The molecule has 1 aromatic rings. The van der Waals surface area contributed by atoms with Gasteiger partial charge in [0, 0.05) is 17.7 Å². The second-order valence-corrected chi connectivity index (χ2v) is 7.03. The number of carboxylic acids is 1. The van der Waals surface area contributed by atoms with Crippen molar-refractivity contribution in [2.45, 2.75) is 11.8 Å². The first-order chi connectivity index (χ1) is 8.73. The second kappa shape index (κ2) is 6.06. The van der Waals surface area contributed by atoms with Crippen LogP contribution >= 0.6 is 22.6 Å². The molecule has 1 rings (SSSR count). The zero-order chi connectivity index (χ0) is 14.8. The van der Waals surface area contributed by atoms with Crippen LogP contribution in [0.25, 0.3) is 0 Å². The van der Waals surface area contributed by atoms with E-state index in [-0.39, 0.29) is 22.8 Å². The molecule has 0 unspecified atom stereocenters. The maximum atomic E-state index is 12.3. The summed E-state index contributed by atoms with van der Waals surface area (Å²) in [5, 5.41) is 9.12. The predicted molar refractivity (Wildman–Crippen MR) is 78.2 cm³/mol. The molecule has 0 radical (unpaired) electrons. The lowest BCUT2D eigenvalue weighted by Gasteiger charge is -2.18. The molecule has 0 fully saturated rings. The number of aromatic carboxylic acids is 1. The van der Waals surface area contributed by atoms with Gasteiger partial charge in [0.25, 0.3) is 0 Å². The number of hydrogen-bond acceptors (Lipinski definition) is 4. The van der Waals surface area contributed by atoms with Crippen LogP contribution in [-0.4, -0.2) is 44.5 Å². The number of ether oxygens (including phenoxy) is 1. The fourth-order valence-electron chi connectivity index (χ4n) is 1.42. The fourth-order valence-corrected chi connectivity index (χ4v) is 3.76. The van der Waals surface area contributed by atoms with Crippen LogP contribution in [0.5, 0.6) is 5.75 Å². The van der Waals surface area contributed by atoms with Crippen molar-refractivity contribution in [1.29, 1.82) is 0 Å². The summed E-state index contributed by atoms with van der Waals surface area (Å²) in [6.45, 7) is 1.84. The Morgan fingerprint density at radius 1 is 1.42 bits per heavy atom. The molecule has 6 nitrogen and oxygen atoms in total. The van der Waals surface area contributed by atoms with Crippen LogP contribution in [0.15, 0.2) is 17.0 Å². The molecule has 0 bridgehead atoms. The summed E-state index contributed by atoms with van der Waals surface area (Å²) in [5.41, 5.74) is -0.164. The number of rotatable bonds is 5. The van der Waals surface area contributed by atoms with Gasteiger partial charge in [0.1, 0.15) is 10.5 Å². The highest BCUT2D eigenvalue weighted by Gasteiger charge is 2.29. The normalized spacial score (nSPS) is 11.6. The number of carboxylic acid groups (broad SMARTS) is 1. The Morgan fingerprint density at radius 3 is 2.42 bits per heavy atom. The van der Waals surface area contributed by atoms with E-state index in [4.69, 9.17) is 9.84 Å². The molecule has 0 aromatic heterocycles. The van der Waals surface area contributed by atoms with Gasteiger partial charge < -0.3 is 9.84 Å². The minimum Gasteiger partial charge on any atom is -0.492 e. The van der Waals surface area contributed by atoms with Gasteiger partial charge in [0.2, 0.25) is 10.0 Å². The zero-order valence-electron chi connectivity index (χ0n) is 10.7. The zero-order valence-corrected chi connectivity index (χ0v) is 13.6. The number of sulfonamides is 1. The Morgan fingerprint density at radius 2 is 2.00 bits per heavy atom. The Bertz CT molecular complexity index is 597. The van der Waals surface area contributed by atoms with Crippen molar-refractivity contribution in [3.63, 3.8) is 0 Å². The summed E-state index contributed by atoms with van der Waals surface area (Å²) in [6.07, 6.45) is 0. The van der Waals surface area contributed by atoms with E-state index >= 15 is 0 Å². The van der Waals surface area contributed by atoms with Crippen molar-refractivity contribution >= 4 is 38.6 Å². The SMILES string of the molecule is CCOc1c(C(=O)O)ccc(I)c1S(=O)(=O)N(C)C. The fraction of sp³-hybridized carbons (Fsp3) is 0.364. The molecule has 1 aromatic carbocycles. The lowest BCUT2D eigenvalue weighted by molar-refractivity contribution is 0.0692. The third-order valence-corrected chi connectivity index (χ3v) is 5.47. The average Bonchev–Trinajstić information content (AvgIpc) is 2.28. The highest BCUT2D eigenvalue weighted by Crippen LogP contribution is 2.34. The topological polar surface area (TPSA) is 83.9 Å². The standard InChI is InChI=1S/C11H14INO5S/c1-4-18-9-7(11(14)15)5-6-8(12)10(9)19(16,17)13(2)3/h5-6H,4H2,1-3H3,(H,14,15). The summed E-state index contributed by atoms with van der Waals surface area (Å²) in [5.74, 6) is -1.34. The van der Waals surface area contributed by atoms with E-state index in [2.05, 4.69) is 0 Å². The van der Waals surface area contributed by atoms with Crippen molar-refractivity contribution in [2.24, 2.45) is 0 Å². The molecule has 8 heteroatoms. The van der Waals surface area contributed by atoms with E-state index in [1.54, 1.807) is 6.92 Å². The van der Waals surface area contributed by atoms with Crippen molar-refractivity contribution in [1.82, 2.24) is 4.31 Å². The molecule has 106 valence electrons. The third-order valence-electron chi connectivity index (χ3n) is 2.32. The van der Waals surface area contributed by atoms with Crippen molar-refractivity contribution in [3.05, 3.63) is 21.3 Å². The molecule has 0 saturated heterocycles. The summed E-state index contributed by atoms with van der Waals surface area (Å²) < 4.78 is 31.2. The lowest BCUT2D eigenvalue weighted by Crippen LogP contribution is -2.24. The number of hydrogen-bond donors (Lipinski definition) is 1. The van der Waals surface area contributed by atoms with Gasteiger partial charge in [-0.05, 0) is 41.6 Å². The van der Waals surface area contributed by atoms with Gasteiger partial charge in [0.05, 0.1) is 6.61 Å². The van der Waals surface area contributed by atoms with E-state index in [0.717, 1.165) is 4.31 Å². The summed E-state index contributed by atoms with van der Waals surface area (Å²) in [6, 6.07) is 2.78. The highest BCUT2D eigenvalue weighted by molar-refractivity contribution is 14.1. The molecule has 0 amide bonds. The highest BCUT2D eigenvalue weighted by atomic mass is 127. The summed E-state index contributed by atoms with van der Waals surface area (Å²) in [7, 11) is -1.01. The Balaban J connectivity index is 3.71. The lowest BCUT2D eigenvalue weighted by atomic mass is 10.2. The smallest absolute Gasteiger partial charge is 0.339 e. The molecular weight excluding hydrogens is 385 g/mol. The third kappa shape index (κ3) is 3.18. The van der Waals surface area contributed by atoms with Crippen molar-refractivity contribution in [2.75, 3.05) is 20.7 Å². The van der Waals surface area contributed by atoms with Gasteiger partial charge in [-0.25, -0.2) is 17.5 Å². The minimum absolute atomic E-state index is 0.111. The Hall–Kier alpha value is -0.870. The van der Waals surface area contributed by atoms with E-state index in [1.807, 2.05) is 22.6 Å². The molecule has 0 saturated carbocycles. The number of nitrogens with zero attached hydrogens (tertiary/aromatic N) is 1. The van der Waals surface area contributed by atoms with Crippen LogP contribution in [-0.2, 0) is 10.0 Å². The molecule has 0 atom stereocenters. The van der Waals surface area contributed by atoms with Gasteiger partial charge in [-0.1, -0.05) is 0 Å². The van der Waals surface area contributed by atoms with Crippen LogP contribution in [0.2, 0.25) is 0 Å². The molecule has 0 aliphatic rings. The maximum Gasteiger partial charge on any atom is 0.339 e. The van der Waals surface area contributed by atoms with Crippen LogP contribution in [0.3, 0.4) is 0 Å². The van der Waals surface area contributed by atoms with Crippen LogP contribution in [0, 0.1) is 3.57 Å². The molecule has 0 aliphatic heterocycles. The molecular formula is C11H14INO5S. The van der Waals surface area contributed by atoms with E-state index in [0.29, 0.717) is 3.57 Å². The van der Waals surface area contributed by atoms with Gasteiger partial charge in [0.15, 0.2) is 5.75 Å². The average molecular weight is 399 g/mol. The van der Waals surface area contributed by atoms with Crippen LogP contribution in [0.4, 0.5) is 0 Å². The largest absolute Gasteiger partial charge is 0.492 e. The van der Waals surface area contributed by atoms with Gasteiger partial charge in [-0.15, -0.1) is 0 Å². The number of benzene rings is 1. The van der Waals surface area contributed by atoms with Gasteiger partial charge in [-0.3, -0.25) is 0 Å². The van der Waals surface area contributed by atoms with E-state index in [1.165, 1.54) is 26.2 Å². The first kappa shape index (κ1) is 16.2. The Kier molecular flexibility index (Phi) is 5.16. The molecule has 0 spiro atoms. The van der Waals surface area contributed by atoms with Gasteiger partial charge >= 0.3 is 5.97 Å². The maximum absolute atomic E-state index is 12.3. The minimum atomic E-state index is -3.78. The first-order valence-electron chi connectivity index (χ1n) is 5.34. The molecule has 0 heterocycles. The van der Waals surface area contributed by atoms with E-state index < -0.39 is 16.0 Å². The number of carbonyl (C=O) groups is 1. The van der Waals surface area contributed by atoms with E-state index in [9.17, 15) is 13.2 Å². The molecule has 0 aliphatic carbocycles. The Labute approximate surface area is 125 Å². The van der Waals surface area contributed by atoms with Crippen molar-refractivity contribution in [3.8, 4) is 5.75 Å². The molecule has 1 N–H and O–H groups in total. The first-order valence-corrected chi connectivity index (χ1v) is 7.86. The summed E-state index contributed by atoms with van der Waals surface area (Å²) in [4.78, 5) is 11.1. The van der Waals surface area contributed by atoms with Crippen LogP contribution < -0.4 is 4.74 Å². The van der Waals surface area contributed by atoms with Crippen LogP contribution in [0.1, 0.15) is 17.3 Å². The number of halogens is 1. The second-order valence-electron chi connectivity index (χ2n) is 3.78. The van der Waals surface area contributed by atoms with Gasteiger partial charge in [-0.2, -0.15) is 0 Å². The molecule has 19 heavy (non-hydrogen) atoms. The van der Waals surface area contributed by atoms with Crippen molar-refractivity contribution < 1.29 is 23.1 Å². The quantitative estimate of drug-likeness (QED) is 0.762. The predicted octanol–water partition coefficient (Wildman–Crippen LogP) is 1.64.